The lowest BCUT2D eigenvalue weighted by molar-refractivity contribution is -0.00734. The van der Waals surface area contributed by atoms with Gasteiger partial charge in [0.05, 0.1) is 39.6 Å². The van der Waals surface area contributed by atoms with Crippen LogP contribution in [0.1, 0.15) is 91.9 Å². The largest absolute Gasteiger partial charge is 0.379 e. The summed E-state index contributed by atoms with van der Waals surface area (Å²) in [7, 11) is 0. The minimum atomic E-state index is 0.601. The fraction of sp³-hybridized carbons (Fsp3) is 1.00. The highest BCUT2D eigenvalue weighted by molar-refractivity contribution is 4.54. The number of hydrogen-bond acceptors (Lipinski definition) is 4. The van der Waals surface area contributed by atoms with Crippen LogP contribution in [0.4, 0.5) is 0 Å². The Morgan fingerprint density at radius 3 is 1.32 bits per heavy atom. The smallest absolute Gasteiger partial charge is 0.0701 e. The van der Waals surface area contributed by atoms with E-state index in [-0.39, 0.29) is 0 Å². The molecular formula is C24H50O4. The van der Waals surface area contributed by atoms with Gasteiger partial charge in [-0.25, -0.2) is 0 Å². The van der Waals surface area contributed by atoms with Crippen LogP contribution in [0.5, 0.6) is 0 Å². The predicted octanol–water partition coefficient (Wildman–Crippen LogP) is 6.27. The van der Waals surface area contributed by atoms with Crippen LogP contribution < -0.4 is 0 Å². The quantitative estimate of drug-likeness (QED) is 0.189. The van der Waals surface area contributed by atoms with Gasteiger partial charge in [0, 0.05) is 13.2 Å². The van der Waals surface area contributed by atoms with Crippen LogP contribution in [0.15, 0.2) is 0 Å². The summed E-state index contributed by atoms with van der Waals surface area (Å²) >= 11 is 0. The predicted molar refractivity (Wildman–Crippen MR) is 119 cm³/mol. The summed E-state index contributed by atoms with van der Waals surface area (Å²) in [5.41, 5.74) is 0. The van der Waals surface area contributed by atoms with Crippen LogP contribution in [0.25, 0.3) is 0 Å². The van der Waals surface area contributed by atoms with Crippen molar-refractivity contribution in [2.45, 2.75) is 91.9 Å². The van der Waals surface area contributed by atoms with Gasteiger partial charge in [0.15, 0.2) is 0 Å². The van der Waals surface area contributed by atoms with Gasteiger partial charge in [-0.3, -0.25) is 0 Å². The first-order chi connectivity index (χ1) is 13.7. The average molecular weight is 403 g/mol. The van der Waals surface area contributed by atoms with Crippen LogP contribution in [0.2, 0.25) is 0 Å². The Morgan fingerprint density at radius 1 is 0.464 bits per heavy atom. The van der Waals surface area contributed by atoms with E-state index in [2.05, 4.69) is 27.7 Å². The van der Waals surface area contributed by atoms with Crippen molar-refractivity contribution >= 4 is 0 Å². The SMILES string of the molecule is CCCCCCCCCCCCOCCOCCOCCOCC(C)C(C)C. The first-order valence-corrected chi connectivity index (χ1v) is 12.0. The fourth-order valence-electron chi connectivity index (χ4n) is 2.81. The highest BCUT2D eigenvalue weighted by Crippen LogP contribution is 2.10. The van der Waals surface area contributed by atoms with Crippen molar-refractivity contribution < 1.29 is 18.9 Å². The summed E-state index contributed by atoms with van der Waals surface area (Å²) in [5.74, 6) is 1.27. The molecule has 0 aromatic rings. The minimum absolute atomic E-state index is 0.601. The number of ether oxygens (including phenoxy) is 4. The molecule has 0 saturated carbocycles. The van der Waals surface area contributed by atoms with Gasteiger partial charge in [0.25, 0.3) is 0 Å². The maximum absolute atomic E-state index is 5.62. The molecule has 0 rings (SSSR count). The third kappa shape index (κ3) is 22.1. The van der Waals surface area contributed by atoms with Crippen LogP contribution in [0.3, 0.4) is 0 Å². The molecule has 0 fully saturated rings. The molecule has 0 spiro atoms. The Balaban J connectivity index is 3.03. The molecule has 28 heavy (non-hydrogen) atoms. The van der Waals surface area contributed by atoms with Crippen molar-refractivity contribution in [1.82, 2.24) is 0 Å². The Hall–Kier alpha value is -0.160. The monoisotopic (exact) mass is 402 g/mol. The van der Waals surface area contributed by atoms with Crippen LogP contribution in [0, 0.1) is 11.8 Å². The lowest BCUT2D eigenvalue weighted by Crippen LogP contribution is -2.16. The van der Waals surface area contributed by atoms with E-state index in [9.17, 15) is 0 Å². The molecule has 1 atom stereocenters. The van der Waals surface area contributed by atoms with Crippen LogP contribution >= 0.6 is 0 Å². The van der Waals surface area contributed by atoms with Crippen molar-refractivity contribution in [3.63, 3.8) is 0 Å². The van der Waals surface area contributed by atoms with Crippen molar-refractivity contribution in [3.8, 4) is 0 Å². The molecule has 0 saturated heterocycles. The number of rotatable bonds is 23. The normalized spacial score (nSPS) is 12.8. The molecule has 170 valence electrons. The molecule has 4 heteroatoms. The lowest BCUT2D eigenvalue weighted by atomic mass is 9.99. The zero-order valence-corrected chi connectivity index (χ0v) is 19.5. The van der Waals surface area contributed by atoms with Gasteiger partial charge < -0.3 is 18.9 Å². The van der Waals surface area contributed by atoms with Crippen LogP contribution in [-0.4, -0.2) is 52.9 Å². The van der Waals surface area contributed by atoms with Crippen molar-refractivity contribution in [2.24, 2.45) is 11.8 Å². The Bertz CT molecular complexity index is 284. The molecular weight excluding hydrogens is 352 g/mol. The summed E-state index contributed by atoms with van der Waals surface area (Å²) in [6, 6.07) is 0. The van der Waals surface area contributed by atoms with Crippen molar-refractivity contribution in [2.75, 3.05) is 52.9 Å². The van der Waals surface area contributed by atoms with Crippen molar-refractivity contribution in [3.05, 3.63) is 0 Å². The number of unbranched alkanes of at least 4 members (excludes halogenated alkanes) is 9. The second kappa shape index (κ2) is 23.1. The van der Waals surface area contributed by atoms with E-state index in [1.807, 2.05) is 0 Å². The average Bonchev–Trinajstić information content (AvgIpc) is 2.68. The van der Waals surface area contributed by atoms with E-state index >= 15 is 0 Å². The summed E-state index contributed by atoms with van der Waals surface area (Å²) in [6.07, 6.45) is 13.6. The minimum Gasteiger partial charge on any atom is -0.379 e. The van der Waals surface area contributed by atoms with Crippen LogP contribution in [-0.2, 0) is 18.9 Å². The van der Waals surface area contributed by atoms with E-state index in [0.29, 0.717) is 51.5 Å². The van der Waals surface area contributed by atoms with E-state index in [1.165, 1.54) is 64.2 Å². The second-order valence-corrected chi connectivity index (χ2v) is 8.32. The molecule has 0 aliphatic rings. The molecule has 4 nitrogen and oxygen atoms in total. The van der Waals surface area contributed by atoms with Gasteiger partial charge in [0.1, 0.15) is 0 Å². The van der Waals surface area contributed by atoms with E-state index in [4.69, 9.17) is 18.9 Å². The van der Waals surface area contributed by atoms with Gasteiger partial charge in [-0.15, -0.1) is 0 Å². The zero-order chi connectivity index (χ0) is 20.7. The Morgan fingerprint density at radius 2 is 0.857 bits per heavy atom. The van der Waals surface area contributed by atoms with Gasteiger partial charge >= 0.3 is 0 Å². The van der Waals surface area contributed by atoms with Gasteiger partial charge in [-0.1, -0.05) is 85.5 Å². The summed E-state index contributed by atoms with van der Waals surface area (Å²) < 4.78 is 22.2. The molecule has 0 aliphatic carbocycles. The Labute approximate surface area is 176 Å². The topological polar surface area (TPSA) is 36.9 Å². The summed E-state index contributed by atoms with van der Waals surface area (Å²) in [4.78, 5) is 0. The molecule has 1 unspecified atom stereocenters. The van der Waals surface area contributed by atoms with E-state index in [0.717, 1.165) is 13.2 Å². The molecule has 0 aromatic heterocycles. The summed E-state index contributed by atoms with van der Waals surface area (Å²) in [6.45, 7) is 14.5. The molecule has 0 radical (unpaired) electrons. The molecule has 0 heterocycles. The van der Waals surface area contributed by atoms with Gasteiger partial charge in [-0.05, 0) is 18.3 Å². The third-order valence-corrected chi connectivity index (χ3v) is 5.28. The van der Waals surface area contributed by atoms with Crippen molar-refractivity contribution in [1.29, 1.82) is 0 Å². The maximum Gasteiger partial charge on any atom is 0.0701 e. The first-order valence-electron chi connectivity index (χ1n) is 12.0. The summed E-state index contributed by atoms with van der Waals surface area (Å²) in [5, 5.41) is 0. The van der Waals surface area contributed by atoms with Gasteiger partial charge in [0.2, 0.25) is 0 Å². The van der Waals surface area contributed by atoms with Gasteiger partial charge in [-0.2, -0.15) is 0 Å². The molecule has 0 aliphatic heterocycles. The second-order valence-electron chi connectivity index (χ2n) is 8.32. The molecule has 0 bridgehead atoms. The third-order valence-electron chi connectivity index (χ3n) is 5.28. The van der Waals surface area contributed by atoms with E-state index in [1.54, 1.807) is 0 Å². The highest BCUT2D eigenvalue weighted by atomic mass is 16.6. The Kier molecular flexibility index (Phi) is 23.0. The first kappa shape index (κ1) is 27.8. The molecule has 0 amide bonds. The standard InChI is InChI=1S/C24H50O4/c1-5-6-7-8-9-10-11-12-13-14-15-25-16-17-26-18-19-27-20-21-28-22-24(4)23(2)3/h23-24H,5-22H2,1-4H3. The maximum atomic E-state index is 5.62. The molecule has 0 aromatic carbocycles. The molecule has 0 N–H and O–H groups in total. The van der Waals surface area contributed by atoms with E-state index < -0.39 is 0 Å². The lowest BCUT2D eigenvalue weighted by Gasteiger charge is -2.15. The zero-order valence-electron chi connectivity index (χ0n) is 19.5. The number of hydrogen-bond donors (Lipinski definition) is 0. The highest BCUT2D eigenvalue weighted by Gasteiger charge is 2.06. The fourth-order valence-corrected chi connectivity index (χ4v) is 2.81.